The molecule has 0 radical (unpaired) electrons. The van der Waals surface area contributed by atoms with E-state index in [4.69, 9.17) is 5.73 Å². The number of benzene rings is 1. The largest absolute Gasteiger partial charge is 0.369 e. The Labute approximate surface area is 95.3 Å². The van der Waals surface area contributed by atoms with Crippen LogP contribution in [0.1, 0.15) is 24.8 Å². The number of nitrogens with zero attached hydrogens (tertiary/aromatic N) is 2. The maximum Gasteiger partial charge on any atom is 0.201 e. The molecule has 0 unspecified atom stereocenters. The van der Waals surface area contributed by atoms with Gasteiger partial charge in [0.15, 0.2) is 0 Å². The molecule has 84 valence electrons. The van der Waals surface area contributed by atoms with E-state index in [1.54, 1.807) is 0 Å². The molecule has 0 atom stereocenters. The number of imidazole rings is 1. The van der Waals surface area contributed by atoms with Crippen molar-refractivity contribution in [1.29, 1.82) is 0 Å². The van der Waals surface area contributed by atoms with Crippen LogP contribution in [0.25, 0.3) is 11.0 Å². The summed E-state index contributed by atoms with van der Waals surface area (Å²) in [5, 5.41) is 0. The van der Waals surface area contributed by atoms with Gasteiger partial charge < -0.3 is 10.3 Å². The molecule has 1 heterocycles. The Balaban J connectivity index is 1.99. The Morgan fingerprint density at radius 3 is 3.00 bits per heavy atom. The standard InChI is InChI=1S/C13H17N3/c1-9-2-5-11-12(8-9)16(13(14)15-11)7-6-10-3-4-10/h2,5,8,10H,3-4,6-7H2,1H3,(H2,14,15). The van der Waals surface area contributed by atoms with Gasteiger partial charge in [0.25, 0.3) is 0 Å². The lowest BCUT2D eigenvalue weighted by Gasteiger charge is -2.05. The first-order chi connectivity index (χ1) is 7.74. The number of aromatic nitrogens is 2. The molecule has 1 aliphatic carbocycles. The highest BCUT2D eigenvalue weighted by atomic mass is 15.1. The molecule has 0 spiro atoms. The predicted molar refractivity (Wildman–Crippen MR) is 66.2 cm³/mol. The molecule has 2 N–H and O–H groups in total. The Kier molecular flexibility index (Phi) is 2.13. The van der Waals surface area contributed by atoms with Gasteiger partial charge in [0, 0.05) is 6.54 Å². The number of anilines is 1. The van der Waals surface area contributed by atoms with Crippen molar-refractivity contribution in [3.05, 3.63) is 23.8 Å². The smallest absolute Gasteiger partial charge is 0.201 e. The van der Waals surface area contributed by atoms with Crippen molar-refractivity contribution in [2.24, 2.45) is 5.92 Å². The van der Waals surface area contributed by atoms with Crippen molar-refractivity contribution < 1.29 is 0 Å². The van der Waals surface area contributed by atoms with Crippen molar-refractivity contribution in [3.63, 3.8) is 0 Å². The molecule has 1 aromatic heterocycles. The molecule has 0 saturated heterocycles. The van der Waals surface area contributed by atoms with Gasteiger partial charge in [-0.15, -0.1) is 0 Å². The molecule has 16 heavy (non-hydrogen) atoms. The molecule has 0 aliphatic heterocycles. The summed E-state index contributed by atoms with van der Waals surface area (Å²) in [7, 11) is 0. The molecule has 1 saturated carbocycles. The molecule has 1 aromatic carbocycles. The minimum atomic E-state index is 0.654. The number of hydrogen-bond acceptors (Lipinski definition) is 2. The summed E-state index contributed by atoms with van der Waals surface area (Å²) < 4.78 is 2.15. The van der Waals surface area contributed by atoms with E-state index in [1.807, 2.05) is 0 Å². The summed E-state index contributed by atoms with van der Waals surface area (Å²) in [5.74, 6) is 1.59. The molecule has 3 rings (SSSR count). The van der Waals surface area contributed by atoms with Gasteiger partial charge in [0.2, 0.25) is 5.95 Å². The van der Waals surface area contributed by atoms with Gasteiger partial charge in [-0.05, 0) is 37.0 Å². The van der Waals surface area contributed by atoms with Crippen LogP contribution < -0.4 is 5.73 Å². The van der Waals surface area contributed by atoms with E-state index >= 15 is 0 Å². The van der Waals surface area contributed by atoms with E-state index in [2.05, 4.69) is 34.7 Å². The lowest BCUT2D eigenvalue weighted by Crippen LogP contribution is -2.03. The fourth-order valence-corrected chi connectivity index (χ4v) is 2.20. The Morgan fingerprint density at radius 1 is 1.44 bits per heavy atom. The first-order valence-electron chi connectivity index (χ1n) is 5.96. The van der Waals surface area contributed by atoms with E-state index in [9.17, 15) is 0 Å². The van der Waals surface area contributed by atoms with Crippen LogP contribution >= 0.6 is 0 Å². The number of rotatable bonds is 3. The van der Waals surface area contributed by atoms with E-state index in [1.165, 1.54) is 30.3 Å². The zero-order chi connectivity index (χ0) is 11.1. The lowest BCUT2D eigenvalue weighted by molar-refractivity contribution is 0.614. The predicted octanol–water partition coefficient (Wildman–Crippen LogP) is 2.73. The van der Waals surface area contributed by atoms with Crippen LogP contribution in [0, 0.1) is 12.8 Å². The van der Waals surface area contributed by atoms with Gasteiger partial charge in [0.1, 0.15) is 0 Å². The monoisotopic (exact) mass is 215 g/mol. The minimum absolute atomic E-state index is 0.654. The van der Waals surface area contributed by atoms with Crippen molar-refractivity contribution in [1.82, 2.24) is 9.55 Å². The molecule has 3 nitrogen and oxygen atoms in total. The van der Waals surface area contributed by atoms with Crippen molar-refractivity contribution >= 4 is 17.0 Å². The molecular formula is C13H17N3. The average molecular weight is 215 g/mol. The lowest BCUT2D eigenvalue weighted by atomic mass is 10.2. The zero-order valence-corrected chi connectivity index (χ0v) is 9.61. The van der Waals surface area contributed by atoms with Gasteiger partial charge in [0.05, 0.1) is 11.0 Å². The molecule has 2 aromatic rings. The minimum Gasteiger partial charge on any atom is -0.369 e. The van der Waals surface area contributed by atoms with E-state index < -0.39 is 0 Å². The summed E-state index contributed by atoms with van der Waals surface area (Å²) in [5.41, 5.74) is 9.42. The highest BCUT2D eigenvalue weighted by Gasteiger charge is 2.21. The fourth-order valence-electron chi connectivity index (χ4n) is 2.20. The molecule has 1 aliphatic rings. The van der Waals surface area contributed by atoms with Gasteiger partial charge in [-0.3, -0.25) is 0 Å². The van der Waals surface area contributed by atoms with Crippen LogP contribution in [0.2, 0.25) is 0 Å². The van der Waals surface area contributed by atoms with Gasteiger partial charge in [-0.2, -0.15) is 0 Å². The topological polar surface area (TPSA) is 43.8 Å². The van der Waals surface area contributed by atoms with E-state index in [0.717, 1.165) is 18.0 Å². The van der Waals surface area contributed by atoms with Crippen molar-refractivity contribution in [2.75, 3.05) is 5.73 Å². The number of nitrogens with two attached hydrogens (primary N) is 1. The third-order valence-electron chi connectivity index (χ3n) is 3.39. The molecule has 0 amide bonds. The maximum absolute atomic E-state index is 5.96. The number of hydrogen-bond donors (Lipinski definition) is 1. The summed E-state index contributed by atoms with van der Waals surface area (Å²) >= 11 is 0. The zero-order valence-electron chi connectivity index (χ0n) is 9.61. The summed E-state index contributed by atoms with van der Waals surface area (Å²) in [6, 6.07) is 6.31. The molecule has 3 heteroatoms. The third-order valence-corrected chi connectivity index (χ3v) is 3.39. The summed E-state index contributed by atoms with van der Waals surface area (Å²) in [4.78, 5) is 4.39. The van der Waals surface area contributed by atoms with Crippen molar-refractivity contribution in [2.45, 2.75) is 32.7 Å². The Hall–Kier alpha value is -1.51. The molecular weight excluding hydrogens is 198 g/mol. The normalized spacial score (nSPS) is 15.8. The van der Waals surface area contributed by atoms with E-state index in [0.29, 0.717) is 5.95 Å². The maximum atomic E-state index is 5.96. The molecule has 0 bridgehead atoms. The summed E-state index contributed by atoms with van der Waals surface area (Å²) in [6.45, 7) is 3.12. The van der Waals surface area contributed by atoms with Crippen LogP contribution in [0.4, 0.5) is 5.95 Å². The number of fused-ring (bicyclic) bond motifs is 1. The van der Waals surface area contributed by atoms with Gasteiger partial charge >= 0.3 is 0 Å². The Bertz CT molecular complexity index is 523. The third kappa shape index (κ3) is 1.66. The second-order valence-corrected chi connectivity index (χ2v) is 4.85. The highest BCUT2D eigenvalue weighted by molar-refractivity contribution is 5.79. The quantitative estimate of drug-likeness (QED) is 0.855. The van der Waals surface area contributed by atoms with Crippen LogP contribution in [0.3, 0.4) is 0 Å². The van der Waals surface area contributed by atoms with E-state index in [-0.39, 0.29) is 0 Å². The Morgan fingerprint density at radius 2 is 2.25 bits per heavy atom. The van der Waals surface area contributed by atoms with Crippen molar-refractivity contribution in [3.8, 4) is 0 Å². The first-order valence-corrected chi connectivity index (χ1v) is 5.96. The van der Waals surface area contributed by atoms with Crippen LogP contribution in [0.15, 0.2) is 18.2 Å². The van der Waals surface area contributed by atoms with Crippen LogP contribution in [-0.4, -0.2) is 9.55 Å². The first kappa shape index (κ1) is 9.70. The SMILES string of the molecule is Cc1ccc2nc(N)n(CCC3CC3)c2c1. The van der Waals surface area contributed by atoms with Gasteiger partial charge in [-0.25, -0.2) is 4.98 Å². The summed E-state index contributed by atoms with van der Waals surface area (Å²) in [6.07, 6.45) is 4.03. The second kappa shape index (κ2) is 3.51. The average Bonchev–Trinajstić information content (AvgIpc) is 3.01. The fraction of sp³-hybridized carbons (Fsp3) is 0.462. The molecule has 1 fully saturated rings. The van der Waals surface area contributed by atoms with Gasteiger partial charge in [-0.1, -0.05) is 18.9 Å². The van der Waals surface area contributed by atoms with Crippen LogP contribution in [0.5, 0.6) is 0 Å². The second-order valence-electron chi connectivity index (χ2n) is 4.85. The number of aryl methyl sites for hydroxylation is 2. The van der Waals surface area contributed by atoms with Crippen LogP contribution in [-0.2, 0) is 6.54 Å². The number of nitrogen functional groups attached to an aromatic ring is 1. The highest BCUT2D eigenvalue weighted by Crippen LogP contribution is 2.33.